The molecule has 5 heteroatoms. The average molecular weight is 194 g/mol. The molecule has 76 valence electrons. The summed E-state index contributed by atoms with van der Waals surface area (Å²) < 4.78 is 0. The van der Waals surface area contributed by atoms with Crippen LogP contribution in [0.2, 0.25) is 0 Å². The molecule has 0 radical (unpaired) electrons. The van der Waals surface area contributed by atoms with E-state index in [4.69, 9.17) is 5.73 Å². The van der Waals surface area contributed by atoms with Crippen LogP contribution < -0.4 is 11.1 Å². The Balaban J connectivity index is 2.11. The van der Waals surface area contributed by atoms with E-state index in [9.17, 15) is 4.79 Å². The fourth-order valence-electron chi connectivity index (χ4n) is 1.79. The Morgan fingerprint density at radius 1 is 1.64 bits per heavy atom. The fourth-order valence-corrected chi connectivity index (χ4v) is 1.79. The van der Waals surface area contributed by atoms with Gasteiger partial charge in [-0.1, -0.05) is 0 Å². The maximum absolute atomic E-state index is 10.8. The maximum Gasteiger partial charge on any atom is 0.269 e. The van der Waals surface area contributed by atoms with Crippen LogP contribution in [-0.4, -0.2) is 29.2 Å². The molecule has 2 rings (SSSR count). The molecule has 14 heavy (non-hydrogen) atoms. The molecule has 0 bridgehead atoms. The number of rotatable bonds is 2. The number of amides is 1. The predicted molar refractivity (Wildman–Crippen MR) is 52.0 cm³/mol. The number of aromatic amines is 1. The molecule has 5 nitrogen and oxygen atoms in total. The number of hydrogen-bond acceptors (Lipinski definition) is 3. The number of carbonyl (C=O) groups excluding carboxylic acids is 1. The monoisotopic (exact) mass is 194 g/mol. The Morgan fingerprint density at radius 3 is 3.07 bits per heavy atom. The van der Waals surface area contributed by atoms with Gasteiger partial charge >= 0.3 is 0 Å². The molecule has 1 aliphatic rings. The molecule has 0 aromatic carbocycles. The first kappa shape index (κ1) is 9.21. The highest BCUT2D eigenvalue weighted by atomic mass is 16.1. The smallest absolute Gasteiger partial charge is 0.269 e. The van der Waals surface area contributed by atoms with Crippen molar-refractivity contribution in [2.45, 2.75) is 18.8 Å². The van der Waals surface area contributed by atoms with Crippen LogP contribution in [0.25, 0.3) is 0 Å². The van der Waals surface area contributed by atoms with Crippen molar-refractivity contribution < 1.29 is 4.79 Å². The van der Waals surface area contributed by atoms with Gasteiger partial charge in [0.2, 0.25) is 0 Å². The highest BCUT2D eigenvalue weighted by Crippen LogP contribution is 2.21. The lowest BCUT2D eigenvalue weighted by Crippen LogP contribution is -2.28. The SMILES string of the molecule is NC(=O)c1cc([C@@H]2CCCNC2)[nH]n1. The highest BCUT2D eigenvalue weighted by molar-refractivity contribution is 5.90. The summed E-state index contributed by atoms with van der Waals surface area (Å²) in [5.74, 6) is -0.0411. The summed E-state index contributed by atoms with van der Waals surface area (Å²) in [7, 11) is 0. The van der Waals surface area contributed by atoms with E-state index in [0.29, 0.717) is 11.6 Å². The van der Waals surface area contributed by atoms with Crippen molar-refractivity contribution in [3.05, 3.63) is 17.5 Å². The zero-order valence-corrected chi connectivity index (χ0v) is 7.92. The van der Waals surface area contributed by atoms with Gasteiger partial charge in [-0.3, -0.25) is 9.89 Å². The van der Waals surface area contributed by atoms with Gasteiger partial charge in [0.15, 0.2) is 0 Å². The minimum absolute atomic E-state index is 0.325. The quantitative estimate of drug-likeness (QED) is 0.618. The molecular formula is C9H14N4O. The lowest BCUT2D eigenvalue weighted by atomic mass is 9.96. The van der Waals surface area contributed by atoms with Gasteiger partial charge in [0.25, 0.3) is 5.91 Å². The molecule has 1 aliphatic heterocycles. The lowest BCUT2D eigenvalue weighted by molar-refractivity contribution is 0.0995. The van der Waals surface area contributed by atoms with Gasteiger partial charge < -0.3 is 11.1 Å². The van der Waals surface area contributed by atoms with Gasteiger partial charge in [0.05, 0.1) is 0 Å². The number of nitrogens with zero attached hydrogens (tertiary/aromatic N) is 1. The largest absolute Gasteiger partial charge is 0.364 e. The molecule has 0 aliphatic carbocycles. The predicted octanol–water partition coefficient (Wildman–Crippen LogP) is -0.0244. The van der Waals surface area contributed by atoms with Crippen molar-refractivity contribution in [2.75, 3.05) is 13.1 Å². The summed E-state index contributed by atoms with van der Waals surface area (Å²) in [6.45, 7) is 2.02. The van der Waals surface area contributed by atoms with Gasteiger partial charge in [-0.25, -0.2) is 0 Å². The first-order chi connectivity index (χ1) is 6.77. The molecule has 1 amide bonds. The van der Waals surface area contributed by atoms with E-state index in [1.807, 2.05) is 0 Å². The number of H-pyrrole nitrogens is 1. The number of piperidine rings is 1. The van der Waals surface area contributed by atoms with Gasteiger partial charge in [0, 0.05) is 18.2 Å². The average Bonchev–Trinajstić information content (AvgIpc) is 2.68. The third-order valence-electron chi connectivity index (χ3n) is 2.59. The Bertz CT molecular complexity index is 327. The summed E-state index contributed by atoms with van der Waals surface area (Å²) in [5.41, 5.74) is 6.45. The Kier molecular flexibility index (Phi) is 2.49. The molecule has 1 aromatic rings. The molecule has 1 atom stereocenters. The number of hydrogen-bond donors (Lipinski definition) is 3. The highest BCUT2D eigenvalue weighted by Gasteiger charge is 2.18. The van der Waals surface area contributed by atoms with Gasteiger partial charge in [-0.15, -0.1) is 0 Å². The van der Waals surface area contributed by atoms with E-state index in [-0.39, 0.29) is 0 Å². The molecule has 1 fully saturated rings. The summed E-state index contributed by atoms with van der Waals surface area (Å²) in [4.78, 5) is 10.8. The van der Waals surface area contributed by atoms with Crippen LogP contribution in [0.4, 0.5) is 0 Å². The summed E-state index contributed by atoms with van der Waals surface area (Å²) in [5, 5.41) is 10.0. The Hall–Kier alpha value is -1.36. The molecule has 1 saturated heterocycles. The number of nitrogens with one attached hydrogen (secondary N) is 2. The van der Waals surface area contributed by atoms with E-state index in [1.54, 1.807) is 6.07 Å². The Morgan fingerprint density at radius 2 is 2.50 bits per heavy atom. The lowest BCUT2D eigenvalue weighted by Gasteiger charge is -2.20. The maximum atomic E-state index is 10.8. The molecular weight excluding hydrogens is 180 g/mol. The van der Waals surface area contributed by atoms with Crippen molar-refractivity contribution >= 4 is 5.91 Å². The second kappa shape index (κ2) is 3.79. The minimum Gasteiger partial charge on any atom is -0.364 e. The summed E-state index contributed by atoms with van der Waals surface area (Å²) in [6.07, 6.45) is 2.29. The van der Waals surface area contributed by atoms with Crippen LogP contribution in [-0.2, 0) is 0 Å². The zero-order chi connectivity index (χ0) is 9.97. The van der Waals surface area contributed by atoms with Crippen LogP contribution in [0.3, 0.4) is 0 Å². The fraction of sp³-hybridized carbons (Fsp3) is 0.556. The molecule has 2 heterocycles. The third kappa shape index (κ3) is 1.77. The molecule has 0 unspecified atom stereocenters. The zero-order valence-electron chi connectivity index (χ0n) is 7.92. The Labute approximate surface area is 82.1 Å². The molecule has 1 aromatic heterocycles. The van der Waals surface area contributed by atoms with Crippen LogP contribution >= 0.6 is 0 Å². The number of primary amides is 1. The van der Waals surface area contributed by atoms with Gasteiger partial charge in [-0.2, -0.15) is 5.10 Å². The van der Waals surface area contributed by atoms with Crippen LogP contribution in [0.15, 0.2) is 6.07 Å². The van der Waals surface area contributed by atoms with Gasteiger partial charge in [0.1, 0.15) is 5.69 Å². The first-order valence-electron chi connectivity index (χ1n) is 4.83. The molecule has 4 N–H and O–H groups in total. The number of carbonyl (C=O) groups is 1. The van der Waals surface area contributed by atoms with Crippen LogP contribution in [0, 0.1) is 0 Å². The normalized spacial score (nSPS) is 22.1. The number of nitrogens with two attached hydrogens (primary N) is 1. The van der Waals surface area contributed by atoms with Crippen molar-refractivity contribution in [2.24, 2.45) is 5.73 Å². The molecule has 0 spiro atoms. The van der Waals surface area contributed by atoms with E-state index in [0.717, 1.165) is 31.6 Å². The number of aromatic nitrogens is 2. The second-order valence-electron chi connectivity index (χ2n) is 3.62. The van der Waals surface area contributed by atoms with E-state index in [2.05, 4.69) is 15.5 Å². The van der Waals surface area contributed by atoms with Crippen molar-refractivity contribution in [1.29, 1.82) is 0 Å². The summed E-state index contributed by atoms with van der Waals surface area (Å²) >= 11 is 0. The van der Waals surface area contributed by atoms with Gasteiger partial charge in [-0.05, 0) is 25.5 Å². The van der Waals surface area contributed by atoms with Crippen molar-refractivity contribution in [3.8, 4) is 0 Å². The van der Waals surface area contributed by atoms with Crippen LogP contribution in [0.5, 0.6) is 0 Å². The minimum atomic E-state index is -0.476. The van der Waals surface area contributed by atoms with Crippen LogP contribution in [0.1, 0.15) is 34.9 Å². The standard InChI is InChI=1S/C9H14N4O/c10-9(14)8-4-7(12-13-8)6-2-1-3-11-5-6/h4,6,11H,1-3,5H2,(H2,10,14)(H,12,13)/t6-/m1/s1. The summed E-state index contributed by atoms with van der Waals surface area (Å²) in [6, 6.07) is 1.75. The van der Waals surface area contributed by atoms with Crippen molar-refractivity contribution in [3.63, 3.8) is 0 Å². The topological polar surface area (TPSA) is 83.8 Å². The molecule has 0 saturated carbocycles. The van der Waals surface area contributed by atoms with E-state index in [1.165, 1.54) is 0 Å². The third-order valence-corrected chi connectivity index (χ3v) is 2.59. The van der Waals surface area contributed by atoms with E-state index < -0.39 is 5.91 Å². The van der Waals surface area contributed by atoms with Crippen molar-refractivity contribution in [1.82, 2.24) is 15.5 Å². The first-order valence-corrected chi connectivity index (χ1v) is 4.83. The second-order valence-corrected chi connectivity index (χ2v) is 3.62. The van der Waals surface area contributed by atoms with E-state index >= 15 is 0 Å².